The van der Waals surface area contributed by atoms with Gasteiger partial charge in [0.05, 0.1) is 24.5 Å². The summed E-state index contributed by atoms with van der Waals surface area (Å²) >= 11 is 0. The van der Waals surface area contributed by atoms with E-state index in [2.05, 4.69) is 28.6 Å². The number of carbonyl (C=O) groups is 1. The van der Waals surface area contributed by atoms with Crippen LogP contribution >= 0.6 is 0 Å². The number of anilines is 1. The van der Waals surface area contributed by atoms with E-state index in [0.717, 1.165) is 67.3 Å². The minimum absolute atomic E-state index is 0.0222. The Kier molecular flexibility index (Phi) is 8.72. The molecule has 1 amide bonds. The van der Waals surface area contributed by atoms with Crippen LogP contribution in [0.25, 0.3) is 22.4 Å². The van der Waals surface area contributed by atoms with Crippen molar-refractivity contribution in [3.05, 3.63) is 102 Å². The summed E-state index contributed by atoms with van der Waals surface area (Å²) in [6, 6.07) is 22.1. The Balaban J connectivity index is 1.66. The molecule has 1 aliphatic rings. The molecule has 0 spiro atoms. The van der Waals surface area contributed by atoms with E-state index in [-0.39, 0.29) is 23.5 Å². The zero-order chi connectivity index (χ0) is 28.1. The average Bonchev–Trinajstić information content (AvgIpc) is 3.31. The number of nitrogens with zero attached hydrogens (tertiary/aromatic N) is 2. The van der Waals surface area contributed by atoms with Crippen molar-refractivity contribution in [2.75, 3.05) is 38.2 Å². The molecule has 4 aromatic rings. The number of morpholine rings is 1. The number of carbonyl (C=O) groups excluding carboxylic acids is 1. The lowest BCUT2D eigenvalue weighted by Crippen LogP contribution is -2.37. The number of amides is 1. The van der Waals surface area contributed by atoms with Crippen molar-refractivity contribution < 1.29 is 18.3 Å². The lowest BCUT2D eigenvalue weighted by atomic mass is 9.94. The van der Waals surface area contributed by atoms with Crippen LogP contribution in [0.4, 0.5) is 14.5 Å². The van der Waals surface area contributed by atoms with E-state index in [1.807, 2.05) is 30.3 Å². The van der Waals surface area contributed by atoms with E-state index in [1.165, 1.54) is 24.3 Å². The van der Waals surface area contributed by atoms with Crippen molar-refractivity contribution in [1.29, 1.82) is 0 Å². The highest BCUT2D eigenvalue weighted by Gasteiger charge is 2.30. The zero-order valence-electron chi connectivity index (χ0n) is 23.0. The van der Waals surface area contributed by atoms with E-state index in [0.29, 0.717) is 17.8 Å². The van der Waals surface area contributed by atoms with Crippen molar-refractivity contribution in [1.82, 2.24) is 9.47 Å². The molecule has 0 unspecified atom stereocenters. The maximum atomic E-state index is 14.1. The summed E-state index contributed by atoms with van der Waals surface area (Å²) in [5, 5.41) is 3.00. The van der Waals surface area contributed by atoms with Gasteiger partial charge in [0.1, 0.15) is 11.6 Å². The van der Waals surface area contributed by atoms with Gasteiger partial charge in [-0.25, -0.2) is 8.78 Å². The summed E-state index contributed by atoms with van der Waals surface area (Å²) in [7, 11) is 0. The van der Waals surface area contributed by atoms with Gasteiger partial charge in [0, 0.05) is 43.1 Å². The number of benzene rings is 3. The number of halogens is 2. The minimum atomic E-state index is -0.365. The molecule has 1 aromatic heterocycles. The van der Waals surface area contributed by atoms with Gasteiger partial charge in [-0.15, -0.1) is 0 Å². The summed E-state index contributed by atoms with van der Waals surface area (Å²) in [6.07, 6.45) is 0.885. The molecule has 0 radical (unpaired) electrons. The molecule has 5 rings (SSSR count). The van der Waals surface area contributed by atoms with Crippen LogP contribution in [0.15, 0.2) is 78.9 Å². The predicted octanol–water partition coefficient (Wildman–Crippen LogP) is 7.20. The van der Waals surface area contributed by atoms with Gasteiger partial charge in [0.2, 0.25) is 0 Å². The van der Waals surface area contributed by atoms with Crippen LogP contribution < -0.4 is 5.32 Å². The van der Waals surface area contributed by atoms with Gasteiger partial charge in [0.25, 0.3) is 5.91 Å². The summed E-state index contributed by atoms with van der Waals surface area (Å²) in [4.78, 5) is 16.5. The topological polar surface area (TPSA) is 46.5 Å². The molecule has 1 aliphatic heterocycles. The number of hydrogen-bond donors (Lipinski definition) is 1. The zero-order valence-corrected chi connectivity index (χ0v) is 23.0. The molecular weight excluding hydrogens is 508 g/mol. The fraction of sp³-hybridized carbons (Fsp3) is 0.303. The van der Waals surface area contributed by atoms with Crippen LogP contribution in [0.1, 0.15) is 42.2 Å². The molecule has 3 aromatic carbocycles. The van der Waals surface area contributed by atoms with E-state index < -0.39 is 0 Å². The Labute approximate surface area is 234 Å². The summed E-state index contributed by atoms with van der Waals surface area (Å²) in [5.74, 6) is -0.914. The molecule has 7 heteroatoms. The van der Waals surface area contributed by atoms with Gasteiger partial charge in [-0.05, 0) is 72.0 Å². The quantitative estimate of drug-likeness (QED) is 0.243. The van der Waals surface area contributed by atoms with Crippen molar-refractivity contribution in [2.45, 2.75) is 32.7 Å². The Hall–Kier alpha value is -3.81. The first-order chi connectivity index (χ1) is 19.4. The van der Waals surface area contributed by atoms with E-state index >= 15 is 0 Å². The van der Waals surface area contributed by atoms with Gasteiger partial charge in [-0.1, -0.05) is 44.2 Å². The van der Waals surface area contributed by atoms with E-state index in [4.69, 9.17) is 4.74 Å². The molecule has 5 nitrogen and oxygen atoms in total. The first-order valence-corrected chi connectivity index (χ1v) is 13.9. The molecule has 1 saturated heterocycles. The first-order valence-electron chi connectivity index (χ1n) is 13.9. The number of ether oxygens (including phenoxy) is 1. The van der Waals surface area contributed by atoms with Gasteiger partial charge < -0.3 is 14.6 Å². The molecule has 2 heterocycles. The first kappa shape index (κ1) is 27.7. The lowest BCUT2D eigenvalue weighted by Gasteiger charge is -2.27. The van der Waals surface area contributed by atoms with Crippen molar-refractivity contribution in [2.24, 2.45) is 0 Å². The molecule has 0 aliphatic carbocycles. The summed E-state index contributed by atoms with van der Waals surface area (Å²) < 4.78 is 35.4. The highest BCUT2D eigenvalue weighted by atomic mass is 19.1. The van der Waals surface area contributed by atoms with Crippen LogP contribution in [0, 0.1) is 11.6 Å². The Bertz CT molecular complexity index is 1430. The molecular formula is C33H35F2N3O2. The second-order valence-electron chi connectivity index (χ2n) is 10.4. The van der Waals surface area contributed by atoms with Crippen LogP contribution in [0.3, 0.4) is 0 Å². The van der Waals surface area contributed by atoms with Gasteiger partial charge in [-0.3, -0.25) is 9.69 Å². The Morgan fingerprint density at radius 1 is 0.850 bits per heavy atom. The highest BCUT2D eigenvalue weighted by molar-refractivity contribution is 6.12. The molecule has 0 bridgehead atoms. The van der Waals surface area contributed by atoms with Crippen LogP contribution in [0.2, 0.25) is 0 Å². The van der Waals surface area contributed by atoms with E-state index in [1.54, 1.807) is 24.3 Å². The van der Waals surface area contributed by atoms with Crippen molar-refractivity contribution >= 4 is 11.6 Å². The van der Waals surface area contributed by atoms with Gasteiger partial charge >= 0.3 is 0 Å². The average molecular weight is 544 g/mol. The SMILES string of the molecule is CC(C)c1c(C(=O)Nc2ccc(F)cc2)c(-c2ccccc2)c(-c2ccc(F)cc2)n1CCCN1CCOCC1. The van der Waals surface area contributed by atoms with Crippen molar-refractivity contribution in [3.8, 4) is 22.4 Å². The molecule has 1 fully saturated rings. The standard InChI is InChI=1S/C33H35F2N3O2/c1-23(2)31-30(33(39)36-28-15-13-27(35)14-16-28)29(24-7-4-3-5-8-24)32(25-9-11-26(34)12-10-25)38(31)18-6-17-37-19-21-40-22-20-37/h3-5,7-16,23H,6,17-22H2,1-2H3,(H,36,39). The summed E-state index contributed by atoms with van der Waals surface area (Å²) in [6.45, 7) is 9.10. The third-order valence-corrected chi connectivity index (χ3v) is 7.32. The molecule has 0 atom stereocenters. The number of aromatic nitrogens is 1. The Morgan fingerprint density at radius 2 is 1.48 bits per heavy atom. The summed E-state index contributed by atoms with van der Waals surface area (Å²) in [5.41, 5.74) is 5.46. The second-order valence-corrected chi connectivity index (χ2v) is 10.4. The minimum Gasteiger partial charge on any atom is -0.379 e. The third-order valence-electron chi connectivity index (χ3n) is 7.32. The van der Waals surface area contributed by atoms with Gasteiger partial charge in [-0.2, -0.15) is 0 Å². The lowest BCUT2D eigenvalue weighted by molar-refractivity contribution is 0.0369. The fourth-order valence-electron chi connectivity index (χ4n) is 5.50. The molecule has 40 heavy (non-hydrogen) atoms. The molecule has 1 N–H and O–H groups in total. The second kappa shape index (κ2) is 12.6. The number of nitrogens with one attached hydrogen (secondary N) is 1. The monoisotopic (exact) mass is 543 g/mol. The number of rotatable bonds is 9. The van der Waals surface area contributed by atoms with E-state index in [9.17, 15) is 13.6 Å². The maximum absolute atomic E-state index is 14.1. The third kappa shape index (κ3) is 6.16. The van der Waals surface area contributed by atoms with Gasteiger partial charge in [0.15, 0.2) is 0 Å². The fourth-order valence-corrected chi connectivity index (χ4v) is 5.50. The van der Waals surface area contributed by atoms with Crippen molar-refractivity contribution in [3.63, 3.8) is 0 Å². The number of hydrogen-bond acceptors (Lipinski definition) is 3. The predicted molar refractivity (Wildman–Crippen MR) is 156 cm³/mol. The largest absolute Gasteiger partial charge is 0.379 e. The smallest absolute Gasteiger partial charge is 0.258 e. The highest BCUT2D eigenvalue weighted by Crippen LogP contribution is 2.42. The van der Waals surface area contributed by atoms with Crippen LogP contribution in [-0.2, 0) is 11.3 Å². The normalized spacial score (nSPS) is 14.0. The Morgan fingerprint density at radius 3 is 2.10 bits per heavy atom. The van der Waals surface area contributed by atoms with Crippen LogP contribution in [-0.4, -0.2) is 48.2 Å². The van der Waals surface area contributed by atoms with Crippen LogP contribution in [0.5, 0.6) is 0 Å². The maximum Gasteiger partial charge on any atom is 0.258 e. The molecule has 208 valence electrons. The molecule has 0 saturated carbocycles.